The number of rotatable bonds is 6. The van der Waals surface area contributed by atoms with Crippen LogP contribution < -0.4 is 10.9 Å². The Bertz CT molecular complexity index is 1130. The van der Waals surface area contributed by atoms with E-state index < -0.39 is 0 Å². The minimum atomic E-state index is -0.259. The Labute approximate surface area is 175 Å². The van der Waals surface area contributed by atoms with Crippen molar-refractivity contribution in [3.8, 4) is 6.07 Å². The molecule has 0 aliphatic carbocycles. The summed E-state index contributed by atoms with van der Waals surface area (Å²) < 4.78 is 1.59. The summed E-state index contributed by atoms with van der Waals surface area (Å²) in [6, 6.07) is 8.70. The number of aromatic nitrogens is 2. The third-order valence-electron chi connectivity index (χ3n) is 3.80. The maximum atomic E-state index is 12.9. The highest BCUT2D eigenvalue weighted by atomic mass is 35.5. The van der Waals surface area contributed by atoms with Gasteiger partial charge in [-0.05, 0) is 35.6 Å². The first-order valence-electron chi connectivity index (χ1n) is 8.49. The molecular weight excluding hydrogens is 416 g/mol. The van der Waals surface area contributed by atoms with Gasteiger partial charge in [0.25, 0.3) is 5.56 Å². The SMILES string of the molecule is CC(C)Cn1c(SCC(=O)Nc2sccc2C#N)nc2ccc(Cl)cc2c1=O. The van der Waals surface area contributed by atoms with Gasteiger partial charge in [-0.2, -0.15) is 5.26 Å². The molecule has 0 aliphatic rings. The van der Waals surface area contributed by atoms with Gasteiger partial charge in [-0.3, -0.25) is 14.2 Å². The van der Waals surface area contributed by atoms with Crippen molar-refractivity contribution in [2.45, 2.75) is 25.5 Å². The van der Waals surface area contributed by atoms with Gasteiger partial charge in [-0.1, -0.05) is 37.2 Å². The molecule has 28 heavy (non-hydrogen) atoms. The van der Waals surface area contributed by atoms with Crippen molar-refractivity contribution in [1.82, 2.24) is 9.55 Å². The summed E-state index contributed by atoms with van der Waals surface area (Å²) in [6.45, 7) is 4.51. The van der Waals surface area contributed by atoms with Crippen LogP contribution in [0.15, 0.2) is 39.6 Å². The number of carbonyl (C=O) groups excluding carboxylic acids is 1. The zero-order valence-corrected chi connectivity index (χ0v) is 17.6. The maximum Gasteiger partial charge on any atom is 0.262 e. The highest BCUT2D eigenvalue weighted by Gasteiger charge is 2.15. The summed E-state index contributed by atoms with van der Waals surface area (Å²) in [5.74, 6) is 0.0472. The Morgan fingerprint density at radius 3 is 2.93 bits per heavy atom. The van der Waals surface area contributed by atoms with E-state index in [-0.39, 0.29) is 23.1 Å². The largest absolute Gasteiger partial charge is 0.316 e. The van der Waals surface area contributed by atoms with E-state index in [4.69, 9.17) is 16.9 Å². The first-order chi connectivity index (χ1) is 13.4. The fourth-order valence-corrected chi connectivity index (χ4v) is 4.33. The van der Waals surface area contributed by atoms with E-state index in [1.165, 1.54) is 23.1 Å². The number of nitriles is 1. The molecule has 9 heteroatoms. The predicted octanol–water partition coefficient (Wildman–Crippen LogP) is 4.37. The number of fused-ring (bicyclic) bond motifs is 1. The lowest BCUT2D eigenvalue weighted by Gasteiger charge is -2.15. The maximum absolute atomic E-state index is 12.9. The van der Waals surface area contributed by atoms with Gasteiger partial charge >= 0.3 is 0 Å². The van der Waals surface area contributed by atoms with Gasteiger partial charge < -0.3 is 5.32 Å². The van der Waals surface area contributed by atoms with Crippen LogP contribution in [-0.2, 0) is 11.3 Å². The first-order valence-corrected chi connectivity index (χ1v) is 10.7. The average Bonchev–Trinajstić information content (AvgIpc) is 3.10. The standard InChI is InChI=1S/C19H17ClN4O2S2/c1-11(2)9-24-18(26)14-7-13(20)3-4-15(14)22-19(24)28-10-16(25)23-17-12(8-21)5-6-27-17/h3-7,11H,9-10H2,1-2H3,(H,23,25). The number of hydrogen-bond donors (Lipinski definition) is 1. The summed E-state index contributed by atoms with van der Waals surface area (Å²) >= 11 is 8.52. The number of thiophene rings is 1. The highest BCUT2D eigenvalue weighted by Crippen LogP contribution is 2.24. The molecule has 2 heterocycles. The van der Waals surface area contributed by atoms with Gasteiger partial charge in [0.2, 0.25) is 5.91 Å². The molecule has 0 fully saturated rings. The number of carbonyl (C=O) groups is 1. The van der Waals surface area contributed by atoms with E-state index in [0.29, 0.717) is 38.2 Å². The van der Waals surface area contributed by atoms with Gasteiger partial charge in [0.1, 0.15) is 11.1 Å². The van der Waals surface area contributed by atoms with Crippen LogP contribution in [0.1, 0.15) is 19.4 Å². The number of nitrogens with one attached hydrogen (secondary N) is 1. The first kappa shape index (κ1) is 20.4. The smallest absolute Gasteiger partial charge is 0.262 e. The van der Waals surface area contributed by atoms with Crippen LogP contribution in [-0.4, -0.2) is 21.2 Å². The molecule has 0 radical (unpaired) electrons. The van der Waals surface area contributed by atoms with Crippen LogP contribution in [0.4, 0.5) is 5.00 Å². The lowest BCUT2D eigenvalue weighted by molar-refractivity contribution is -0.113. The number of benzene rings is 1. The number of amides is 1. The second kappa shape index (κ2) is 8.78. The van der Waals surface area contributed by atoms with Crippen molar-refractivity contribution in [3.05, 3.63) is 50.6 Å². The molecule has 1 N–H and O–H groups in total. The summed E-state index contributed by atoms with van der Waals surface area (Å²) in [7, 11) is 0. The lowest BCUT2D eigenvalue weighted by atomic mass is 10.2. The minimum absolute atomic E-state index is 0.0758. The number of anilines is 1. The highest BCUT2D eigenvalue weighted by molar-refractivity contribution is 7.99. The van der Waals surface area contributed by atoms with Gasteiger partial charge in [-0.25, -0.2) is 4.98 Å². The molecule has 0 saturated carbocycles. The second-order valence-corrected chi connectivity index (χ2v) is 8.77. The van der Waals surface area contributed by atoms with E-state index in [2.05, 4.69) is 10.3 Å². The van der Waals surface area contributed by atoms with Gasteiger partial charge in [0.15, 0.2) is 5.16 Å². The van der Waals surface area contributed by atoms with E-state index in [1.807, 2.05) is 19.9 Å². The Balaban J connectivity index is 1.87. The van der Waals surface area contributed by atoms with Crippen LogP contribution in [0, 0.1) is 17.2 Å². The summed E-state index contributed by atoms with van der Waals surface area (Å²) in [5, 5.41) is 15.5. The molecule has 3 rings (SSSR count). The molecule has 0 atom stereocenters. The molecule has 0 unspecified atom stereocenters. The zero-order chi connectivity index (χ0) is 20.3. The van der Waals surface area contributed by atoms with E-state index in [1.54, 1.807) is 34.2 Å². The normalized spacial score (nSPS) is 11.0. The molecule has 144 valence electrons. The van der Waals surface area contributed by atoms with Crippen molar-refractivity contribution in [2.24, 2.45) is 5.92 Å². The number of thioether (sulfide) groups is 1. The summed E-state index contributed by atoms with van der Waals surface area (Å²) in [4.78, 5) is 29.8. The monoisotopic (exact) mass is 432 g/mol. The van der Waals surface area contributed by atoms with Crippen molar-refractivity contribution in [3.63, 3.8) is 0 Å². The van der Waals surface area contributed by atoms with Crippen LogP contribution in [0.25, 0.3) is 10.9 Å². The van der Waals surface area contributed by atoms with Crippen molar-refractivity contribution < 1.29 is 4.79 Å². The molecule has 6 nitrogen and oxygen atoms in total. The third kappa shape index (κ3) is 4.55. The van der Waals surface area contributed by atoms with Gasteiger partial charge in [0, 0.05) is 11.6 Å². The van der Waals surface area contributed by atoms with Crippen LogP contribution in [0.3, 0.4) is 0 Å². The fraction of sp³-hybridized carbons (Fsp3) is 0.263. The van der Waals surface area contributed by atoms with Crippen molar-refractivity contribution in [1.29, 1.82) is 5.26 Å². The molecule has 0 spiro atoms. The van der Waals surface area contributed by atoms with Crippen molar-refractivity contribution >= 4 is 56.5 Å². The average molecular weight is 433 g/mol. The second-order valence-electron chi connectivity index (χ2n) is 6.48. The van der Waals surface area contributed by atoms with Crippen LogP contribution in [0.5, 0.6) is 0 Å². The number of halogens is 1. The topological polar surface area (TPSA) is 87.8 Å². The molecule has 1 amide bonds. The fourth-order valence-electron chi connectivity index (χ4n) is 2.60. The summed E-state index contributed by atoms with van der Waals surface area (Å²) in [6.07, 6.45) is 0. The lowest BCUT2D eigenvalue weighted by Crippen LogP contribution is -2.26. The molecule has 0 aliphatic heterocycles. The number of hydrogen-bond acceptors (Lipinski definition) is 6. The predicted molar refractivity (Wildman–Crippen MR) is 114 cm³/mol. The number of nitrogens with zero attached hydrogens (tertiary/aromatic N) is 3. The minimum Gasteiger partial charge on any atom is -0.316 e. The zero-order valence-electron chi connectivity index (χ0n) is 15.2. The molecule has 3 aromatic rings. The third-order valence-corrected chi connectivity index (χ3v) is 5.84. The molecular formula is C19H17ClN4O2S2. The Morgan fingerprint density at radius 2 is 2.21 bits per heavy atom. The Hall–Kier alpha value is -2.34. The van der Waals surface area contributed by atoms with Crippen molar-refractivity contribution in [2.75, 3.05) is 11.1 Å². The van der Waals surface area contributed by atoms with Gasteiger partial charge in [-0.15, -0.1) is 11.3 Å². The molecule has 0 saturated heterocycles. The van der Waals surface area contributed by atoms with Gasteiger partial charge in [0.05, 0.1) is 22.2 Å². The van der Waals surface area contributed by atoms with E-state index >= 15 is 0 Å². The molecule has 0 bridgehead atoms. The quantitative estimate of drug-likeness (QED) is 0.461. The Kier molecular flexibility index (Phi) is 6.39. The molecule has 2 aromatic heterocycles. The summed E-state index contributed by atoms with van der Waals surface area (Å²) in [5.41, 5.74) is 0.803. The van der Waals surface area contributed by atoms with E-state index in [0.717, 1.165) is 0 Å². The van der Waals surface area contributed by atoms with Crippen LogP contribution >= 0.6 is 34.7 Å². The van der Waals surface area contributed by atoms with Crippen LogP contribution in [0.2, 0.25) is 5.02 Å². The molecule has 1 aromatic carbocycles. The Morgan fingerprint density at radius 1 is 1.43 bits per heavy atom. The van der Waals surface area contributed by atoms with E-state index in [9.17, 15) is 9.59 Å².